The zero-order valence-corrected chi connectivity index (χ0v) is 14.9. The molecular weight excluding hydrogens is 326 g/mol. The van der Waals surface area contributed by atoms with Gasteiger partial charge in [-0.05, 0) is 30.7 Å². The fourth-order valence-electron chi connectivity index (χ4n) is 2.72. The molecule has 0 saturated carbocycles. The summed E-state index contributed by atoms with van der Waals surface area (Å²) in [6.45, 7) is 4.30. The maximum atomic E-state index is 12.2. The first-order valence-electron chi connectivity index (χ1n) is 8.47. The van der Waals surface area contributed by atoms with Crippen molar-refractivity contribution in [2.24, 2.45) is 5.92 Å². The third-order valence-corrected chi connectivity index (χ3v) is 4.86. The second-order valence-corrected chi connectivity index (χ2v) is 6.74. The molecule has 1 saturated heterocycles. The van der Waals surface area contributed by atoms with E-state index in [0.717, 1.165) is 6.42 Å². The van der Waals surface area contributed by atoms with Crippen molar-refractivity contribution in [2.45, 2.75) is 32.6 Å². The monoisotopic (exact) mass is 351 g/mol. The van der Waals surface area contributed by atoms with Gasteiger partial charge < -0.3 is 15.5 Å². The van der Waals surface area contributed by atoms with Gasteiger partial charge in [-0.25, -0.2) is 0 Å². The van der Waals surface area contributed by atoms with E-state index in [9.17, 15) is 14.4 Å². The number of hydrogen-bond acceptors (Lipinski definition) is 4. The number of likely N-dealkylation sites (tertiary alicyclic amines) is 1. The first-order chi connectivity index (χ1) is 11.6. The van der Waals surface area contributed by atoms with Crippen LogP contribution in [0.4, 0.5) is 0 Å². The van der Waals surface area contributed by atoms with Gasteiger partial charge >= 0.3 is 0 Å². The van der Waals surface area contributed by atoms with Crippen LogP contribution in [0.25, 0.3) is 0 Å². The Morgan fingerprint density at radius 1 is 1.21 bits per heavy atom. The van der Waals surface area contributed by atoms with Crippen LogP contribution in [-0.2, 0) is 9.59 Å². The van der Waals surface area contributed by atoms with Crippen LogP contribution in [0.1, 0.15) is 43.0 Å². The van der Waals surface area contributed by atoms with Crippen LogP contribution in [0, 0.1) is 5.92 Å². The fraction of sp³-hybridized carbons (Fsp3) is 0.588. The number of rotatable bonds is 7. The minimum absolute atomic E-state index is 0.0129. The number of carbonyl (C=O) groups excluding carboxylic acids is 3. The van der Waals surface area contributed by atoms with Crippen molar-refractivity contribution in [2.75, 3.05) is 26.2 Å². The van der Waals surface area contributed by atoms with E-state index < -0.39 is 0 Å². The quantitative estimate of drug-likeness (QED) is 0.784. The highest BCUT2D eigenvalue weighted by Crippen LogP contribution is 2.18. The predicted octanol–water partition coefficient (Wildman–Crippen LogP) is 1.63. The van der Waals surface area contributed by atoms with Crippen LogP contribution in [0.3, 0.4) is 0 Å². The Balaban J connectivity index is 1.65. The Hall–Kier alpha value is -1.89. The van der Waals surface area contributed by atoms with E-state index in [2.05, 4.69) is 10.6 Å². The molecule has 132 valence electrons. The van der Waals surface area contributed by atoms with Gasteiger partial charge in [0, 0.05) is 49.5 Å². The third kappa shape index (κ3) is 5.33. The summed E-state index contributed by atoms with van der Waals surface area (Å²) < 4.78 is 0. The summed E-state index contributed by atoms with van der Waals surface area (Å²) in [4.78, 5) is 37.7. The van der Waals surface area contributed by atoms with Crippen molar-refractivity contribution < 1.29 is 14.4 Å². The molecule has 0 bridgehead atoms. The van der Waals surface area contributed by atoms with E-state index in [1.807, 2.05) is 12.3 Å². The average molecular weight is 351 g/mol. The Labute approximate surface area is 146 Å². The SMILES string of the molecule is CCCNC(=O)C1CCN(C(=O)CCNC(=O)c2ccsc2)CC1. The van der Waals surface area contributed by atoms with Crippen LogP contribution in [0.5, 0.6) is 0 Å². The highest BCUT2D eigenvalue weighted by Gasteiger charge is 2.26. The maximum Gasteiger partial charge on any atom is 0.252 e. The van der Waals surface area contributed by atoms with E-state index in [1.54, 1.807) is 16.3 Å². The standard InChI is InChI=1S/C17H25N3O3S/c1-2-7-18-16(22)13-4-9-20(10-5-13)15(21)3-8-19-17(23)14-6-11-24-12-14/h6,11-13H,2-5,7-10H2,1H3,(H,18,22)(H,19,23). The fourth-order valence-corrected chi connectivity index (χ4v) is 3.36. The molecule has 1 aliphatic heterocycles. The second-order valence-electron chi connectivity index (χ2n) is 5.96. The summed E-state index contributed by atoms with van der Waals surface area (Å²) in [5.74, 6) is 0.00857. The number of nitrogens with one attached hydrogen (secondary N) is 2. The van der Waals surface area contributed by atoms with E-state index in [4.69, 9.17) is 0 Å². The van der Waals surface area contributed by atoms with Gasteiger partial charge in [0.05, 0.1) is 0 Å². The van der Waals surface area contributed by atoms with E-state index in [0.29, 0.717) is 51.0 Å². The van der Waals surface area contributed by atoms with Crippen LogP contribution in [0.2, 0.25) is 0 Å². The average Bonchev–Trinajstić information content (AvgIpc) is 3.14. The van der Waals surface area contributed by atoms with Gasteiger partial charge in [-0.3, -0.25) is 14.4 Å². The van der Waals surface area contributed by atoms with Gasteiger partial charge in [0.25, 0.3) is 5.91 Å². The van der Waals surface area contributed by atoms with Crippen LogP contribution < -0.4 is 10.6 Å². The molecule has 3 amide bonds. The summed E-state index contributed by atoms with van der Waals surface area (Å²) in [6.07, 6.45) is 2.65. The molecule has 24 heavy (non-hydrogen) atoms. The smallest absolute Gasteiger partial charge is 0.252 e. The summed E-state index contributed by atoms with van der Waals surface area (Å²) >= 11 is 1.47. The molecule has 0 radical (unpaired) electrons. The zero-order chi connectivity index (χ0) is 17.4. The van der Waals surface area contributed by atoms with Gasteiger partial charge in [0.1, 0.15) is 0 Å². The van der Waals surface area contributed by atoms with Crippen LogP contribution >= 0.6 is 11.3 Å². The number of amides is 3. The Kier molecular flexibility index (Phi) is 7.24. The largest absolute Gasteiger partial charge is 0.356 e. The van der Waals surface area contributed by atoms with Crippen molar-refractivity contribution in [3.8, 4) is 0 Å². The minimum atomic E-state index is -0.143. The minimum Gasteiger partial charge on any atom is -0.356 e. The molecule has 1 aromatic heterocycles. The molecule has 0 aliphatic carbocycles. The normalized spacial score (nSPS) is 15.1. The number of carbonyl (C=O) groups is 3. The topological polar surface area (TPSA) is 78.5 Å². The van der Waals surface area contributed by atoms with Gasteiger partial charge in [-0.1, -0.05) is 6.92 Å². The molecule has 0 aromatic carbocycles. The molecule has 2 rings (SSSR count). The van der Waals surface area contributed by atoms with Crippen molar-refractivity contribution in [1.82, 2.24) is 15.5 Å². The molecule has 1 fully saturated rings. The number of hydrogen-bond donors (Lipinski definition) is 2. The second kappa shape index (κ2) is 9.42. The lowest BCUT2D eigenvalue weighted by molar-refractivity contribution is -0.135. The Morgan fingerprint density at radius 3 is 2.58 bits per heavy atom. The summed E-state index contributed by atoms with van der Waals surface area (Å²) in [7, 11) is 0. The molecule has 0 spiro atoms. The Bertz CT molecular complexity index is 551. The van der Waals surface area contributed by atoms with Crippen LogP contribution in [-0.4, -0.2) is 48.8 Å². The Morgan fingerprint density at radius 2 is 1.96 bits per heavy atom. The highest BCUT2D eigenvalue weighted by molar-refractivity contribution is 7.08. The lowest BCUT2D eigenvalue weighted by atomic mass is 9.95. The van der Waals surface area contributed by atoms with E-state index >= 15 is 0 Å². The van der Waals surface area contributed by atoms with Gasteiger partial charge in [-0.2, -0.15) is 11.3 Å². The van der Waals surface area contributed by atoms with Crippen molar-refractivity contribution in [1.29, 1.82) is 0 Å². The lowest BCUT2D eigenvalue weighted by Crippen LogP contribution is -2.43. The van der Waals surface area contributed by atoms with Crippen molar-refractivity contribution in [3.63, 3.8) is 0 Å². The number of nitrogens with zero attached hydrogens (tertiary/aromatic N) is 1. The predicted molar refractivity (Wildman–Crippen MR) is 93.9 cm³/mol. The van der Waals surface area contributed by atoms with Gasteiger partial charge in [-0.15, -0.1) is 0 Å². The maximum absolute atomic E-state index is 12.2. The molecule has 2 N–H and O–H groups in total. The van der Waals surface area contributed by atoms with Gasteiger partial charge in [0.15, 0.2) is 0 Å². The molecule has 1 aliphatic rings. The molecule has 0 unspecified atom stereocenters. The molecular formula is C17H25N3O3S. The summed E-state index contributed by atoms with van der Waals surface area (Å²) in [6, 6.07) is 1.76. The molecule has 0 atom stereocenters. The summed E-state index contributed by atoms with van der Waals surface area (Å²) in [5.41, 5.74) is 0.631. The van der Waals surface area contributed by atoms with Crippen LogP contribution in [0.15, 0.2) is 16.8 Å². The first kappa shape index (κ1) is 18.4. The number of thiophene rings is 1. The van der Waals surface area contributed by atoms with E-state index in [1.165, 1.54) is 11.3 Å². The molecule has 1 aromatic rings. The van der Waals surface area contributed by atoms with Crippen molar-refractivity contribution >= 4 is 29.1 Å². The van der Waals surface area contributed by atoms with E-state index in [-0.39, 0.29) is 23.6 Å². The van der Waals surface area contributed by atoms with Gasteiger partial charge in [0.2, 0.25) is 11.8 Å². The zero-order valence-electron chi connectivity index (χ0n) is 14.0. The third-order valence-electron chi connectivity index (χ3n) is 4.18. The molecule has 7 heteroatoms. The molecule has 6 nitrogen and oxygen atoms in total. The molecule has 2 heterocycles. The van der Waals surface area contributed by atoms with Crippen molar-refractivity contribution in [3.05, 3.63) is 22.4 Å². The summed E-state index contributed by atoms with van der Waals surface area (Å²) in [5, 5.41) is 9.31. The highest BCUT2D eigenvalue weighted by atomic mass is 32.1. The lowest BCUT2D eigenvalue weighted by Gasteiger charge is -2.31. The first-order valence-corrected chi connectivity index (χ1v) is 9.42. The number of piperidine rings is 1.